The minimum atomic E-state index is 0.159. The van der Waals surface area contributed by atoms with E-state index >= 15 is 0 Å². The summed E-state index contributed by atoms with van der Waals surface area (Å²) in [6.45, 7) is 1.67. The van der Waals surface area contributed by atoms with Gasteiger partial charge in [0.25, 0.3) is 0 Å². The molecule has 1 nitrogen and oxygen atoms in total. The topological polar surface area (TPSA) is 9.23 Å². The van der Waals surface area contributed by atoms with E-state index in [1.165, 1.54) is 6.42 Å². The molecule has 0 N–H and O–H groups in total. The van der Waals surface area contributed by atoms with Crippen LogP contribution in [-0.4, -0.2) is 18.5 Å². The lowest BCUT2D eigenvalue weighted by Gasteiger charge is -2.36. The fourth-order valence-electron chi connectivity index (χ4n) is 2.29. The Kier molecular flexibility index (Phi) is 4.76. The number of alkyl halides is 1. The van der Waals surface area contributed by atoms with Crippen molar-refractivity contribution in [3.8, 4) is 0 Å². The molecule has 2 rings (SSSR count). The third kappa shape index (κ3) is 3.17. The molecule has 1 atom stereocenters. The zero-order valence-corrected chi connectivity index (χ0v) is 12.6. The summed E-state index contributed by atoms with van der Waals surface area (Å²) in [5.74, 6) is 0. The predicted octanol–water partition coefficient (Wildman–Crippen LogP) is 4.73. The Balaban J connectivity index is 2.20. The Labute approximate surface area is 121 Å². The molecule has 1 aromatic rings. The molecule has 1 aliphatic heterocycles. The van der Waals surface area contributed by atoms with Crippen LogP contribution >= 0.6 is 39.1 Å². The van der Waals surface area contributed by atoms with Gasteiger partial charge in [0.2, 0.25) is 0 Å². The molecule has 1 heterocycles. The number of halogens is 3. The maximum atomic E-state index is 6.24. The second kappa shape index (κ2) is 5.92. The van der Waals surface area contributed by atoms with Crippen LogP contribution in [0.3, 0.4) is 0 Å². The van der Waals surface area contributed by atoms with Crippen LogP contribution in [-0.2, 0) is 11.2 Å². The van der Waals surface area contributed by atoms with Crippen molar-refractivity contribution < 1.29 is 4.74 Å². The molecule has 0 saturated carbocycles. The maximum absolute atomic E-state index is 6.24. The van der Waals surface area contributed by atoms with Gasteiger partial charge in [-0.25, -0.2) is 0 Å². The molecule has 17 heavy (non-hydrogen) atoms. The molecule has 0 aromatic heterocycles. The zero-order chi connectivity index (χ0) is 12.3. The van der Waals surface area contributed by atoms with E-state index in [4.69, 9.17) is 27.9 Å². The van der Waals surface area contributed by atoms with Crippen molar-refractivity contribution in [3.05, 3.63) is 33.8 Å². The van der Waals surface area contributed by atoms with Crippen LogP contribution in [0.1, 0.15) is 18.4 Å². The zero-order valence-electron chi connectivity index (χ0n) is 9.52. The molecular weight excluding hydrogens is 323 g/mol. The monoisotopic (exact) mass is 336 g/mol. The summed E-state index contributed by atoms with van der Waals surface area (Å²) in [4.78, 5) is 0. The van der Waals surface area contributed by atoms with Crippen molar-refractivity contribution in [1.82, 2.24) is 0 Å². The Morgan fingerprint density at radius 3 is 2.82 bits per heavy atom. The molecule has 0 spiro atoms. The quantitative estimate of drug-likeness (QED) is 0.724. The van der Waals surface area contributed by atoms with Gasteiger partial charge in [0, 0.05) is 17.4 Å². The fourth-order valence-corrected chi connectivity index (χ4v) is 3.32. The minimum absolute atomic E-state index is 0.159. The molecule has 1 aliphatic rings. The summed E-state index contributed by atoms with van der Waals surface area (Å²) in [6, 6.07) is 5.83. The van der Waals surface area contributed by atoms with Crippen LogP contribution in [0.25, 0.3) is 0 Å². The number of hydrogen-bond acceptors (Lipinski definition) is 1. The van der Waals surface area contributed by atoms with Crippen molar-refractivity contribution in [2.24, 2.45) is 5.41 Å². The lowest BCUT2D eigenvalue weighted by atomic mass is 9.79. The van der Waals surface area contributed by atoms with Crippen molar-refractivity contribution in [2.45, 2.75) is 19.3 Å². The number of ether oxygens (including phenoxy) is 1. The largest absolute Gasteiger partial charge is 0.381 e. The van der Waals surface area contributed by atoms with E-state index < -0.39 is 0 Å². The third-order valence-electron chi connectivity index (χ3n) is 3.28. The number of benzene rings is 1. The molecule has 1 saturated heterocycles. The van der Waals surface area contributed by atoms with Gasteiger partial charge < -0.3 is 4.74 Å². The van der Waals surface area contributed by atoms with Gasteiger partial charge in [-0.2, -0.15) is 0 Å². The fraction of sp³-hybridized carbons (Fsp3) is 0.538. The van der Waals surface area contributed by atoms with Crippen molar-refractivity contribution >= 4 is 39.1 Å². The highest BCUT2D eigenvalue weighted by atomic mass is 79.9. The minimum Gasteiger partial charge on any atom is -0.381 e. The first-order valence-corrected chi connectivity index (χ1v) is 7.61. The van der Waals surface area contributed by atoms with Gasteiger partial charge in [-0.15, -0.1) is 0 Å². The standard InChI is InChI=1S/C13H15BrCl2O/c14-8-13(5-2-6-17-9-13)7-10-3-1-4-11(15)12(10)16/h1,3-4H,2,5-9H2. The second-order valence-corrected chi connectivity index (χ2v) is 6.03. The predicted molar refractivity (Wildman–Crippen MR) is 76.4 cm³/mol. The van der Waals surface area contributed by atoms with E-state index in [1.807, 2.05) is 18.2 Å². The van der Waals surface area contributed by atoms with Crippen LogP contribution in [0.2, 0.25) is 10.0 Å². The summed E-state index contributed by atoms with van der Waals surface area (Å²) in [5.41, 5.74) is 1.27. The smallest absolute Gasteiger partial charge is 0.0624 e. The summed E-state index contributed by atoms with van der Waals surface area (Å²) in [5, 5.41) is 2.24. The van der Waals surface area contributed by atoms with Crippen LogP contribution in [0.5, 0.6) is 0 Å². The van der Waals surface area contributed by atoms with Gasteiger partial charge >= 0.3 is 0 Å². The van der Waals surface area contributed by atoms with Crippen molar-refractivity contribution in [2.75, 3.05) is 18.5 Å². The van der Waals surface area contributed by atoms with E-state index in [0.29, 0.717) is 10.0 Å². The van der Waals surface area contributed by atoms with E-state index in [2.05, 4.69) is 15.9 Å². The van der Waals surface area contributed by atoms with Gasteiger partial charge in [0.1, 0.15) is 0 Å². The van der Waals surface area contributed by atoms with Gasteiger partial charge in [-0.3, -0.25) is 0 Å². The van der Waals surface area contributed by atoms with Crippen molar-refractivity contribution in [3.63, 3.8) is 0 Å². The average Bonchev–Trinajstić information content (AvgIpc) is 2.36. The molecule has 1 fully saturated rings. The third-order valence-corrected chi connectivity index (χ3v) is 5.33. The Hall–Kier alpha value is 0.240. The highest BCUT2D eigenvalue weighted by Crippen LogP contribution is 2.37. The van der Waals surface area contributed by atoms with Gasteiger partial charge in [0.05, 0.1) is 16.7 Å². The van der Waals surface area contributed by atoms with E-state index in [-0.39, 0.29) is 5.41 Å². The SMILES string of the molecule is Clc1cccc(CC2(CBr)CCCOC2)c1Cl. The molecule has 94 valence electrons. The molecule has 0 bridgehead atoms. The highest BCUT2D eigenvalue weighted by Gasteiger charge is 2.32. The van der Waals surface area contributed by atoms with E-state index in [9.17, 15) is 0 Å². The van der Waals surface area contributed by atoms with Crippen LogP contribution in [0.4, 0.5) is 0 Å². The Morgan fingerprint density at radius 1 is 1.35 bits per heavy atom. The van der Waals surface area contributed by atoms with E-state index in [1.54, 1.807) is 0 Å². The number of rotatable bonds is 3. The lowest BCUT2D eigenvalue weighted by molar-refractivity contribution is 0.00616. The molecule has 1 aromatic carbocycles. The average molecular weight is 338 g/mol. The Morgan fingerprint density at radius 2 is 2.18 bits per heavy atom. The first kappa shape index (κ1) is 13.7. The lowest BCUT2D eigenvalue weighted by Crippen LogP contribution is -2.35. The number of hydrogen-bond donors (Lipinski definition) is 0. The van der Waals surface area contributed by atoms with Crippen LogP contribution < -0.4 is 0 Å². The molecule has 4 heteroatoms. The van der Waals surface area contributed by atoms with Gasteiger partial charge in [0.15, 0.2) is 0 Å². The normalized spacial score (nSPS) is 24.9. The highest BCUT2D eigenvalue weighted by molar-refractivity contribution is 9.09. The second-order valence-electron chi connectivity index (χ2n) is 4.68. The van der Waals surface area contributed by atoms with Gasteiger partial charge in [-0.05, 0) is 30.9 Å². The summed E-state index contributed by atoms with van der Waals surface area (Å²) >= 11 is 15.9. The molecule has 0 radical (unpaired) electrons. The Bertz CT molecular complexity index is 389. The molecule has 1 unspecified atom stereocenters. The molecular formula is C13H15BrCl2O. The molecule has 0 amide bonds. The van der Waals surface area contributed by atoms with Gasteiger partial charge in [-0.1, -0.05) is 51.3 Å². The first-order valence-electron chi connectivity index (χ1n) is 5.73. The summed E-state index contributed by atoms with van der Waals surface area (Å²) in [6.07, 6.45) is 3.20. The maximum Gasteiger partial charge on any atom is 0.0624 e. The summed E-state index contributed by atoms with van der Waals surface area (Å²) in [7, 11) is 0. The molecule has 0 aliphatic carbocycles. The van der Waals surface area contributed by atoms with E-state index in [0.717, 1.165) is 36.9 Å². The van der Waals surface area contributed by atoms with Crippen LogP contribution in [0, 0.1) is 5.41 Å². The van der Waals surface area contributed by atoms with Crippen molar-refractivity contribution in [1.29, 1.82) is 0 Å². The first-order chi connectivity index (χ1) is 8.17. The van der Waals surface area contributed by atoms with Crippen LogP contribution in [0.15, 0.2) is 18.2 Å². The summed E-state index contributed by atoms with van der Waals surface area (Å²) < 4.78 is 5.61.